The number of hydrogen-bond donors (Lipinski definition) is 7. The van der Waals surface area contributed by atoms with Gasteiger partial charge >= 0.3 is 6.09 Å². The van der Waals surface area contributed by atoms with Gasteiger partial charge in [0.1, 0.15) is 6.61 Å². The number of amides is 5. The molecule has 0 rings (SSSR count). The van der Waals surface area contributed by atoms with E-state index >= 15 is 0 Å². The number of unbranched alkanes of at least 4 members (excludes halogenated alkanes) is 32. The first kappa shape index (κ1) is 84.9. The minimum Gasteiger partial charge on any atom is -0.448 e. The Hall–Kier alpha value is -3.09. The Morgan fingerprint density at radius 2 is 0.545 bits per heavy atom. The van der Waals surface area contributed by atoms with Crippen LogP contribution in [0.15, 0.2) is 0 Å². The van der Waals surface area contributed by atoms with Crippen molar-refractivity contribution in [2.24, 2.45) is 0 Å². The molecule has 0 saturated carbocycles. The lowest BCUT2D eigenvalue weighted by Gasteiger charge is -2.26. The quantitative estimate of drug-likeness (QED) is 0.0284. The Balaban J connectivity index is 5.41. The van der Waals surface area contributed by atoms with Crippen LogP contribution in [0, 0.1) is 0 Å². The fourth-order valence-corrected chi connectivity index (χ4v) is 11.2. The van der Waals surface area contributed by atoms with Crippen molar-refractivity contribution in [1.29, 1.82) is 0 Å². The van der Waals surface area contributed by atoms with E-state index in [4.69, 9.17) is 4.74 Å². The summed E-state index contributed by atoms with van der Waals surface area (Å²) >= 11 is 0. The van der Waals surface area contributed by atoms with Crippen LogP contribution in [0.1, 0.15) is 298 Å². The minimum atomic E-state index is -0.521. The highest BCUT2D eigenvalue weighted by molar-refractivity contribution is 5.81. The van der Waals surface area contributed by atoms with Gasteiger partial charge in [0.15, 0.2) is 0 Å². The third-order valence-corrected chi connectivity index (χ3v) is 16.8. The van der Waals surface area contributed by atoms with Crippen molar-refractivity contribution in [3.05, 3.63) is 0 Å². The van der Waals surface area contributed by atoms with E-state index < -0.39 is 18.3 Å². The Kier molecular flexibility index (Phi) is 63.1. The lowest BCUT2D eigenvalue weighted by Crippen LogP contribution is -2.44. The zero-order chi connectivity index (χ0) is 64.6. The third kappa shape index (κ3) is 61.8. The second-order valence-electron chi connectivity index (χ2n) is 25.9. The van der Waals surface area contributed by atoms with Crippen LogP contribution in [-0.4, -0.2) is 190 Å². The van der Waals surface area contributed by atoms with Crippen LogP contribution in [0.3, 0.4) is 0 Å². The Morgan fingerprint density at radius 3 is 0.818 bits per heavy atom. The molecule has 17 heteroatoms. The van der Waals surface area contributed by atoms with E-state index in [0.29, 0.717) is 111 Å². The average Bonchev–Trinajstić information content (AvgIpc) is 3.50. The molecule has 0 aliphatic rings. The average molecular weight is 1250 g/mol. The van der Waals surface area contributed by atoms with Crippen molar-refractivity contribution >= 4 is 29.7 Å². The lowest BCUT2D eigenvalue weighted by molar-refractivity contribution is -0.126. The molecular weight excluding hydrogens is 1110 g/mol. The highest BCUT2D eigenvalue weighted by Crippen LogP contribution is 2.13. The van der Waals surface area contributed by atoms with Crippen LogP contribution in [0.4, 0.5) is 4.79 Å². The number of aliphatic hydroxyl groups is 2. The maximum absolute atomic E-state index is 13.2. The predicted molar refractivity (Wildman–Crippen MR) is 368 cm³/mol. The van der Waals surface area contributed by atoms with E-state index in [9.17, 15) is 34.2 Å². The molecule has 520 valence electrons. The molecule has 2 unspecified atom stereocenters. The van der Waals surface area contributed by atoms with Crippen LogP contribution in [0.2, 0.25) is 0 Å². The van der Waals surface area contributed by atoms with Gasteiger partial charge in [-0.2, -0.15) is 0 Å². The van der Waals surface area contributed by atoms with Gasteiger partial charge in [-0.1, -0.05) is 233 Å². The van der Waals surface area contributed by atoms with Crippen LogP contribution in [0.5, 0.6) is 0 Å². The molecule has 0 aromatic rings. The van der Waals surface area contributed by atoms with Gasteiger partial charge in [0.25, 0.3) is 0 Å². The molecule has 0 spiro atoms. The zero-order valence-electron chi connectivity index (χ0n) is 58.3. The van der Waals surface area contributed by atoms with E-state index in [0.717, 1.165) is 51.4 Å². The maximum atomic E-state index is 13.2. The number of aliphatic hydroxyl groups excluding tert-OH is 2. The zero-order valence-corrected chi connectivity index (χ0v) is 58.3. The fourth-order valence-electron chi connectivity index (χ4n) is 11.2. The Bertz CT molecular complexity index is 1390. The molecule has 0 radical (unpaired) electrons. The second-order valence-corrected chi connectivity index (χ2v) is 25.9. The molecule has 7 N–H and O–H groups in total. The van der Waals surface area contributed by atoms with Gasteiger partial charge in [-0.3, -0.25) is 33.9 Å². The summed E-state index contributed by atoms with van der Waals surface area (Å²) in [5, 5.41) is 35.8. The summed E-state index contributed by atoms with van der Waals surface area (Å²) in [5.41, 5.74) is 0. The van der Waals surface area contributed by atoms with Crippen LogP contribution < -0.4 is 26.6 Å². The summed E-state index contributed by atoms with van der Waals surface area (Å²) in [6.45, 7) is 20.7. The van der Waals surface area contributed by atoms with E-state index in [-0.39, 0.29) is 56.4 Å². The van der Waals surface area contributed by atoms with Crippen molar-refractivity contribution in [3.63, 3.8) is 0 Å². The third-order valence-electron chi connectivity index (χ3n) is 16.8. The number of alkyl carbamates (subject to hydrolysis) is 1. The molecule has 88 heavy (non-hydrogen) atoms. The fraction of sp³-hybridized carbons (Fsp3) is 0.930. The van der Waals surface area contributed by atoms with Gasteiger partial charge < -0.3 is 46.4 Å². The molecular formula is C71H143N9O8. The highest BCUT2D eigenvalue weighted by atomic mass is 16.5. The lowest BCUT2D eigenvalue weighted by atomic mass is 10.1. The van der Waals surface area contributed by atoms with Crippen LogP contribution in [-0.2, 0) is 23.9 Å². The summed E-state index contributed by atoms with van der Waals surface area (Å²) < 4.78 is 5.68. The smallest absolute Gasteiger partial charge is 0.407 e. The molecule has 0 aromatic carbocycles. The van der Waals surface area contributed by atoms with Crippen molar-refractivity contribution in [2.45, 2.75) is 311 Å². The molecule has 0 aliphatic carbocycles. The number of ether oxygens (including phenoxy) is 1. The van der Waals surface area contributed by atoms with Gasteiger partial charge in [0.2, 0.25) is 23.6 Å². The number of nitrogens with one attached hydrogen (secondary N) is 5. The van der Waals surface area contributed by atoms with Gasteiger partial charge in [0, 0.05) is 72.0 Å². The normalized spacial score (nSPS) is 12.3. The highest BCUT2D eigenvalue weighted by Gasteiger charge is 2.19. The van der Waals surface area contributed by atoms with Gasteiger partial charge in [-0.05, 0) is 78.3 Å². The molecule has 0 aliphatic heterocycles. The van der Waals surface area contributed by atoms with Crippen LogP contribution in [0.25, 0.3) is 0 Å². The first-order valence-electron chi connectivity index (χ1n) is 37.1. The molecule has 0 aromatic heterocycles. The topological polar surface area (TPSA) is 208 Å². The number of carbonyl (C=O) groups is 5. The van der Waals surface area contributed by atoms with E-state index in [1.165, 1.54) is 180 Å². The standard InChI is InChI=1S/C71H143N9O8/c1-7-11-15-19-23-27-31-35-39-47-72-67(83)61-79(62-68(84)73-48-40-36-32-28-24-20-16-12-8-2)54-43-52-77(56-45-65(5)81)58-51-76-71(87)88-60-59-78(57-46-66(6)82)53-44-55-80(63-69(85)74-49-41-37-33-29-25-21-17-13-9-3)64-70(86)75-50-42-38-34-30-26-22-18-14-10-4/h65-66,81-82H,7-64H2,1-6H3,(H,72,83)(H,73,84)(H,74,85)(H,75,86)(H,76,87). The van der Waals surface area contributed by atoms with Crippen LogP contribution >= 0.6 is 0 Å². The molecule has 2 atom stereocenters. The number of rotatable bonds is 68. The molecule has 0 fully saturated rings. The molecule has 0 bridgehead atoms. The first-order valence-corrected chi connectivity index (χ1v) is 37.1. The number of carbonyl (C=O) groups excluding carboxylic acids is 5. The van der Waals surface area contributed by atoms with E-state index in [1.54, 1.807) is 13.8 Å². The van der Waals surface area contributed by atoms with Crippen molar-refractivity contribution in [3.8, 4) is 0 Å². The number of hydrogen-bond acceptors (Lipinski definition) is 12. The maximum Gasteiger partial charge on any atom is 0.407 e. The second kappa shape index (κ2) is 65.4. The van der Waals surface area contributed by atoms with Gasteiger partial charge in [0.05, 0.1) is 38.4 Å². The van der Waals surface area contributed by atoms with Crippen molar-refractivity contribution in [1.82, 2.24) is 46.2 Å². The first-order chi connectivity index (χ1) is 42.8. The molecule has 5 amide bonds. The van der Waals surface area contributed by atoms with Gasteiger partial charge in [-0.25, -0.2) is 4.79 Å². The summed E-state index contributed by atoms with van der Waals surface area (Å²) in [6.07, 6.45) is 44.8. The van der Waals surface area contributed by atoms with E-state index in [2.05, 4.69) is 64.1 Å². The van der Waals surface area contributed by atoms with Crippen molar-refractivity contribution in [2.75, 3.05) is 118 Å². The summed E-state index contributed by atoms with van der Waals surface area (Å²) in [6, 6.07) is 0. The summed E-state index contributed by atoms with van der Waals surface area (Å²) in [4.78, 5) is 74.3. The summed E-state index contributed by atoms with van der Waals surface area (Å²) in [5.74, 6) is -0.269. The Morgan fingerprint density at radius 1 is 0.295 bits per heavy atom. The van der Waals surface area contributed by atoms with Gasteiger partial charge in [-0.15, -0.1) is 0 Å². The minimum absolute atomic E-state index is 0.0657. The van der Waals surface area contributed by atoms with E-state index in [1.807, 2.05) is 9.80 Å². The Labute approximate surface area is 541 Å². The van der Waals surface area contributed by atoms with Crippen molar-refractivity contribution < 1.29 is 38.9 Å². The SMILES string of the molecule is CCCCCCCCCCCNC(=O)CN(CCCN(CCNC(=O)OCCN(CCCN(CC(=O)NCCCCCCCCCCC)CC(=O)NCCCCCCCCCCC)CCC(C)O)CCC(C)O)CC(=O)NCCCCCCCCCCC. The molecule has 0 heterocycles. The number of nitrogens with zero attached hydrogens (tertiary/aromatic N) is 4. The molecule has 0 saturated heterocycles. The summed E-state index contributed by atoms with van der Waals surface area (Å²) in [7, 11) is 0. The predicted octanol–water partition coefficient (Wildman–Crippen LogP) is 12.8. The monoisotopic (exact) mass is 1250 g/mol. The largest absolute Gasteiger partial charge is 0.448 e. The molecule has 17 nitrogen and oxygen atoms in total.